The zero-order valence-electron chi connectivity index (χ0n) is 15.7. The number of ether oxygens (including phenoxy) is 1. The van der Waals surface area contributed by atoms with Crippen LogP contribution in [0.5, 0.6) is 0 Å². The summed E-state index contributed by atoms with van der Waals surface area (Å²) in [4.78, 5) is 19.2. The zero-order chi connectivity index (χ0) is 20.1. The summed E-state index contributed by atoms with van der Waals surface area (Å²) in [6, 6.07) is 16.5. The second-order valence-corrected chi connectivity index (χ2v) is 7.55. The number of hydrogen-bond donors (Lipinski definition) is 1. The minimum absolute atomic E-state index is 0.193. The molecule has 1 aromatic heterocycles. The van der Waals surface area contributed by atoms with Gasteiger partial charge in [-0.2, -0.15) is 10.2 Å². The summed E-state index contributed by atoms with van der Waals surface area (Å²) >= 11 is 1.62. The number of nitrogens with zero attached hydrogens (tertiary/aromatic N) is 4. The van der Waals surface area contributed by atoms with E-state index in [1.54, 1.807) is 23.5 Å². The standard InChI is InChI=1S/C21H20N4O3S/c26-20(27)16-7-4-8-17(13-16)24-22-14-18-19(15-5-2-1-3-6-15)23-21(29-18)25-9-11-28-12-10-25/h1-8,13H,9-12,14H2,(H,26,27). The summed E-state index contributed by atoms with van der Waals surface area (Å²) in [6.45, 7) is 3.43. The Balaban J connectivity index is 1.59. The summed E-state index contributed by atoms with van der Waals surface area (Å²) in [6.07, 6.45) is 0. The molecule has 1 saturated heterocycles. The highest BCUT2D eigenvalue weighted by atomic mass is 32.1. The molecule has 8 heteroatoms. The molecule has 0 aliphatic carbocycles. The second-order valence-electron chi connectivity index (χ2n) is 6.49. The van der Waals surface area contributed by atoms with Crippen molar-refractivity contribution in [1.29, 1.82) is 0 Å². The maximum Gasteiger partial charge on any atom is 0.335 e. The average molecular weight is 408 g/mol. The first kappa shape index (κ1) is 19.2. The van der Waals surface area contributed by atoms with Crippen LogP contribution in [0.1, 0.15) is 15.2 Å². The first-order valence-corrected chi connectivity index (χ1v) is 10.1. The predicted molar refractivity (Wildman–Crippen MR) is 112 cm³/mol. The van der Waals surface area contributed by atoms with E-state index in [2.05, 4.69) is 15.1 Å². The van der Waals surface area contributed by atoms with Crippen molar-refractivity contribution in [2.24, 2.45) is 10.2 Å². The predicted octanol–water partition coefficient (Wildman–Crippen LogP) is 4.63. The maximum atomic E-state index is 11.1. The molecule has 2 aromatic carbocycles. The molecule has 0 spiro atoms. The van der Waals surface area contributed by atoms with Crippen LogP contribution in [0.15, 0.2) is 64.8 Å². The molecule has 3 aromatic rings. The summed E-state index contributed by atoms with van der Waals surface area (Å²) in [5.74, 6) is -0.981. The van der Waals surface area contributed by atoms with Gasteiger partial charge in [-0.05, 0) is 18.2 Å². The van der Waals surface area contributed by atoms with Crippen molar-refractivity contribution < 1.29 is 14.6 Å². The van der Waals surface area contributed by atoms with E-state index in [9.17, 15) is 4.79 Å². The number of aromatic nitrogens is 1. The molecule has 0 bridgehead atoms. The Kier molecular flexibility index (Phi) is 5.92. The average Bonchev–Trinajstić information content (AvgIpc) is 3.19. The van der Waals surface area contributed by atoms with Gasteiger partial charge in [0, 0.05) is 18.7 Å². The fourth-order valence-corrected chi connectivity index (χ4v) is 4.09. The van der Waals surface area contributed by atoms with Crippen molar-refractivity contribution in [3.8, 4) is 11.3 Å². The van der Waals surface area contributed by atoms with Gasteiger partial charge in [-0.3, -0.25) is 0 Å². The Hall–Kier alpha value is -3.10. The Labute approximate surface area is 172 Å². The summed E-state index contributed by atoms with van der Waals surface area (Å²) in [7, 11) is 0. The number of rotatable bonds is 6. The zero-order valence-corrected chi connectivity index (χ0v) is 16.5. The lowest BCUT2D eigenvalue weighted by molar-refractivity contribution is 0.0697. The quantitative estimate of drug-likeness (QED) is 0.601. The minimum Gasteiger partial charge on any atom is -0.478 e. The number of thiazole rings is 1. The molecule has 1 aliphatic heterocycles. The van der Waals surface area contributed by atoms with E-state index in [0.717, 1.165) is 34.4 Å². The van der Waals surface area contributed by atoms with E-state index >= 15 is 0 Å². The molecule has 2 heterocycles. The number of morpholine rings is 1. The lowest BCUT2D eigenvalue weighted by atomic mass is 10.1. The Morgan fingerprint density at radius 1 is 1.14 bits per heavy atom. The van der Waals surface area contributed by atoms with Gasteiger partial charge in [-0.1, -0.05) is 47.7 Å². The van der Waals surface area contributed by atoms with E-state index in [4.69, 9.17) is 14.8 Å². The molecule has 1 aliphatic rings. The molecule has 1 fully saturated rings. The highest BCUT2D eigenvalue weighted by molar-refractivity contribution is 7.16. The van der Waals surface area contributed by atoms with Gasteiger partial charge in [0.2, 0.25) is 0 Å². The van der Waals surface area contributed by atoms with E-state index in [-0.39, 0.29) is 5.56 Å². The third-order valence-corrected chi connectivity index (χ3v) is 5.61. The van der Waals surface area contributed by atoms with Crippen molar-refractivity contribution >= 4 is 28.1 Å². The number of carbonyl (C=O) groups is 1. The van der Waals surface area contributed by atoms with Crippen LogP contribution < -0.4 is 4.90 Å². The number of anilines is 1. The van der Waals surface area contributed by atoms with Crippen LogP contribution in [0.4, 0.5) is 10.8 Å². The summed E-state index contributed by atoms with van der Waals surface area (Å²) in [5, 5.41) is 18.6. The fourth-order valence-electron chi connectivity index (χ4n) is 3.04. The van der Waals surface area contributed by atoms with Crippen molar-refractivity contribution in [1.82, 2.24) is 4.98 Å². The SMILES string of the molecule is O=C(O)c1cccc(N=NCc2sc(N3CCOCC3)nc2-c2ccccc2)c1. The topological polar surface area (TPSA) is 87.4 Å². The number of benzene rings is 2. The molecular weight excluding hydrogens is 388 g/mol. The first-order valence-electron chi connectivity index (χ1n) is 9.29. The van der Waals surface area contributed by atoms with Gasteiger partial charge in [-0.25, -0.2) is 9.78 Å². The highest BCUT2D eigenvalue weighted by Gasteiger charge is 2.19. The molecule has 4 rings (SSSR count). The molecule has 0 unspecified atom stereocenters. The van der Waals surface area contributed by atoms with Gasteiger partial charge in [0.15, 0.2) is 5.13 Å². The Morgan fingerprint density at radius 2 is 1.93 bits per heavy atom. The third-order valence-electron chi connectivity index (χ3n) is 4.51. The molecule has 29 heavy (non-hydrogen) atoms. The third kappa shape index (κ3) is 4.67. The van der Waals surface area contributed by atoms with E-state index in [0.29, 0.717) is 25.4 Å². The lowest BCUT2D eigenvalue weighted by Gasteiger charge is -2.26. The van der Waals surface area contributed by atoms with Crippen LogP contribution in [-0.4, -0.2) is 42.4 Å². The van der Waals surface area contributed by atoms with Gasteiger partial charge in [0.1, 0.15) is 0 Å². The van der Waals surface area contributed by atoms with Crippen LogP contribution in [0.3, 0.4) is 0 Å². The number of aromatic carboxylic acids is 1. The van der Waals surface area contributed by atoms with Gasteiger partial charge in [0.05, 0.1) is 41.6 Å². The normalized spacial score (nSPS) is 14.4. The molecule has 7 nitrogen and oxygen atoms in total. The largest absolute Gasteiger partial charge is 0.478 e. The Bertz CT molecular complexity index is 1010. The maximum absolute atomic E-state index is 11.1. The fraction of sp³-hybridized carbons (Fsp3) is 0.238. The van der Waals surface area contributed by atoms with Crippen LogP contribution in [0.2, 0.25) is 0 Å². The van der Waals surface area contributed by atoms with Gasteiger partial charge in [0.25, 0.3) is 0 Å². The van der Waals surface area contributed by atoms with E-state index < -0.39 is 5.97 Å². The van der Waals surface area contributed by atoms with Crippen molar-refractivity contribution in [3.63, 3.8) is 0 Å². The van der Waals surface area contributed by atoms with Gasteiger partial charge >= 0.3 is 5.97 Å². The highest BCUT2D eigenvalue weighted by Crippen LogP contribution is 2.34. The number of azo groups is 1. The smallest absolute Gasteiger partial charge is 0.335 e. The van der Waals surface area contributed by atoms with Crippen LogP contribution in [0, 0.1) is 0 Å². The lowest BCUT2D eigenvalue weighted by Crippen LogP contribution is -2.36. The van der Waals surface area contributed by atoms with Crippen molar-refractivity contribution in [2.45, 2.75) is 6.54 Å². The van der Waals surface area contributed by atoms with Crippen LogP contribution in [0.25, 0.3) is 11.3 Å². The molecular formula is C21H20N4O3S. The van der Waals surface area contributed by atoms with Crippen molar-refractivity contribution in [3.05, 3.63) is 65.0 Å². The summed E-state index contributed by atoms with van der Waals surface area (Å²) in [5.41, 5.74) is 2.67. The van der Waals surface area contributed by atoms with Gasteiger partial charge < -0.3 is 14.7 Å². The minimum atomic E-state index is -0.981. The molecule has 1 N–H and O–H groups in total. The number of carboxylic acid groups (broad SMARTS) is 1. The van der Waals surface area contributed by atoms with Gasteiger partial charge in [-0.15, -0.1) is 0 Å². The van der Waals surface area contributed by atoms with E-state index in [1.165, 1.54) is 12.1 Å². The molecule has 0 atom stereocenters. The number of hydrogen-bond acceptors (Lipinski definition) is 7. The van der Waals surface area contributed by atoms with Crippen molar-refractivity contribution in [2.75, 3.05) is 31.2 Å². The monoisotopic (exact) mass is 408 g/mol. The molecule has 0 amide bonds. The van der Waals surface area contributed by atoms with Crippen LogP contribution in [-0.2, 0) is 11.3 Å². The summed E-state index contributed by atoms with van der Waals surface area (Å²) < 4.78 is 5.44. The molecule has 148 valence electrons. The molecule has 0 saturated carbocycles. The number of carboxylic acids is 1. The molecule has 0 radical (unpaired) electrons. The first-order chi connectivity index (χ1) is 14.2. The van der Waals surface area contributed by atoms with Crippen LogP contribution >= 0.6 is 11.3 Å². The Morgan fingerprint density at radius 3 is 2.69 bits per heavy atom. The van der Waals surface area contributed by atoms with E-state index in [1.807, 2.05) is 30.3 Å². The second kappa shape index (κ2) is 8.93.